The van der Waals surface area contributed by atoms with Gasteiger partial charge in [-0.3, -0.25) is 0 Å². The molecular weight excluding hydrogens is 259 g/mol. The highest BCUT2D eigenvalue weighted by Crippen LogP contribution is 2.22. The predicted molar refractivity (Wildman–Crippen MR) is 81.4 cm³/mol. The standard InChI is InChI=1S/C15H15FN2S/c1-2-10-3-6-12(7-4-10)18-14-8-5-11(16)9-13(14)15(17)19/h3-9,18H,2H2,1H3,(H2,17,19). The molecular formula is C15H15FN2S. The Morgan fingerprint density at radius 1 is 1.21 bits per heavy atom. The number of halogens is 1. The summed E-state index contributed by atoms with van der Waals surface area (Å²) in [5, 5.41) is 3.20. The van der Waals surface area contributed by atoms with Gasteiger partial charge in [0.1, 0.15) is 10.8 Å². The summed E-state index contributed by atoms with van der Waals surface area (Å²) in [5.74, 6) is -0.352. The van der Waals surface area contributed by atoms with Crippen molar-refractivity contribution < 1.29 is 4.39 Å². The van der Waals surface area contributed by atoms with Crippen LogP contribution in [0.1, 0.15) is 18.1 Å². The van der Waals surface area contributed by atoms with Gasteiger partial charge < -0.3 is 11.1 Å². The third-order valence-corrected chi connectivity index (χ3v) is 3.11. The van der Waals surface area contributed by atoms with E-state index in [0.29, 0.717) is 11.3 Å². The van der Waals surface area contributed by atoms with E-state index in [-0.39, 0.29) is 10.8 Å². The van der Waals surface area contributed by atoms with E-state index in [1.807, 2.05) is 24.3 Å². The van der Waals surface area contributed by atoms with E-state index in [0.717, 1.165) is 12.1 Å². The molecule has 0 fully saturated rings. The number of anilines is 2. The molecule has 0 amide bonds. The number of hydrogen-bond acceptors (Lipinski definition) is 2. The second-order valence-corrected chi connectivity index (χ2v) is 4.67. The van der Waals surface area contributed by atoms with Gasteiger partial charge in [0.15, 0.2) is 0 Å². The fraction of sp³-hybridized carbons (Fsp3) is 0.133. The summed E-state index contributed by atoms with van der Waals surface area (Å²) in [6, 6.07) is 12.4. The van der Waals surface area contributed by atoms with Crippen molar-refractivity contribution in [3.8, 4) is 0 Å². The van der Waals surface area contributed by atoms with E-state index in [4.69, 9.17) is 18.0 Å². The lowest BCUT2D eigenvalue weighted by molar-refractivity contribution is 0.628. The first kappa shape index (κ1) is 13.5. The fourth-order valence-electron chi connectivity index (χ4n) is 1.81. The maximum atomic E-state index is 13.2. The Hall–Kier alpha value is -1.94. The van der Waals surface area contributed by atoms with Crippen LogP contribution in [0, 0.1) is 5.82 Å². The summed E-state index contributed by atoms with van der Waals surface area (Å²) in [4.78, 5) is 0.173. The topological polar surface area (TPSA) is 38.0 Å². The molecule has 2 nitrogen and oxygen atoms in total. The van der Waals surface area contributed by atoms with Gasteiger partial charge in [0, 0.05) is 16.9 Å². The molecule has 0 saturated carbocycles. The average Bonchev–Trinajstić information content (AvgIpc) is 2.41. The quantitative estimate of drug-likeness (QED) is 0.834. The number of hydrogen-bond donors (Lipinski definition) is 2. The van der Waals surface area contributed by atoms with Gasteiger partial charge in [0.05, 0.1) is 0 Å². The number of aryl methyl sites for hydroxylation is 1. The van der Waals surface area contributed by atoms with Crippen LogP contribution in [-0.4, -0.2) is 4.99 Å². The number of nitrogens with two attached hydrogens (primary N) is 1. The minimum atomic E-state index is -0.352. The smallest absolute Gasteiger partial charge is 0.124 e. The van der Waals surface area contributed by atoms with Crippen molar-refractivity contribution in [3.63, 3.8) is 0 Å². The molecule has 3 N–H and O–H groups in total. The van der Waals surface area contributed by atoms with Gasteiger partial charge in [-0.25, -0.2) is 4.39 Å². The van der Waals surface area contributed by atoms with Gasteiger partial charge in [-0.1, -0.05) is 31.3 Å². The number of rotatable bonds is 4. The highest BCUT2D eigenvalue weighted by molar-refractivity contribution is 7.80. The van der Waals surface area contributed by atoms with Crippen LogP contribution in [0.15, 0.2) is 42.5 Å². The summed E-state index contributed by atoms with van der Waals surface area (Å²) < 4.78 is 13.2. The lowest BCUT2D eigenvalue weighted by Crippen LogP contribution is -2.12. The molecule has 2 aromatic carbocycles. The van der Waals surface area contributed by atoms with E-state index in [9.17, 15) is 4.39 Å². The maximum Gasteiger partial charge on any atom is 0.124 e. The Morgan fingerprint density at radius 2 is 1.89 bits per heavy atom. The minimum absolute atomic E-state index is 0.173. The second kappa shape index (κ2) is 5.80. The van der Waals surface area contributed by atoms with Crippen LogP contribution >= 0.6 is 12.2 Å². The van der Waals surface area contributed by atoms with E-state index in [2.05, 4.69) is 12.2 Å². The maximum absolute atomic E-state index is 13.2. The molecule has 4 heteroatoms. The number of nitrogens with one attached hydrogen (secondary N) is 1. The zero-order valence-corrected chi connectivity index (χ0v) is 11.4. The number of benzene rings is 2. The molecule has 98 valence electrons. The average molecular weight is 274 g/mol. The molecule has 2 aromatic rings. The van der Waals surface area contributed by atoms with Gasteiger partial charge in [-0.15, -0.1) is 0 Å². The van der Waals surface area contributed by atoms with Gasteiger partial charge in [-0.2, -0.15) is 0 Å². The molecule has 0 spiro atoms. The second-order valence-electron chi connectivity index (χ2n) is 4.23. The monoisotopic (exact) mass is 274 g/mol. The lowest BCUT2D eigenvalue weighted by atomic mass is 10.1. The first-order chi connectivity index (χ1) is 9.10. The Bertz CT molecular complexity index is 594. The van der Waals surface area contributed by atoms with Crippen molar-refractivity contribution in [3.05, 3.63) is 59.4 Å². The van der Waals surface area contributed by atoms with Crippen molar-refractivity contribution in [2.45, 2.75) is 13.3 Å². The van der Waals surface area contributed by atoms with Crippen molar-refractivity contribution in [1.82, 2.24) is 0 Å². The third kappa shape index (κ3) is 3.29. The first-order valence-electron chi connectivity index (χ1n) is 6.05. The zero-order valence-electron chi connectivity index (χ0n) is 10.6. The highest BCUT2D eigenvalue weighted by Gasteiger charge is 2.07. The molecule has 19 heavy (non-hydrogen) atoms. The largest absolute Gasteiger partial charge is 0.389 e. The summed E-state index contributed by atoms with van der Waals surface area (Å²) in [5.41, 5.74) is 9.00. The van der Waals surface area contributed by atoms with E-state index in [1.54, 1.807) is 6.07 Å². The minimum Gasteiger partial charge on any atom is -0.389 e. The fourth-order valence-corrected chi connectivity index (χ4v) is 1.98. The van der Waals surface area contributed by atoms with Crippen LogP contribution in [0.25, 0.3) is 0 Å². The van der Waals surface area contributed by atoms with Crippen molar-refractivity contribution in [2.75, 3.05) is 5.32 Å². The Balaban J connectivity index is 2.29. The Kier molecular flexibility index (Phi) is 4.12. The molecule has 0 radical (unpaired) electrons. The number of thiocarbonyl (C=S) groups is 1. The lowest BCUT2D eigenvalue weighted by Gasteiger charge is -2.11. The van der Waals surface area contributed by atoms with E-state index in [1.165, 1.54) is 17.7 Å². The SMILES string of the molecule is CCc1ccc(Nc2ccc(F)cc2C(N)=S)cc1. The van der Waals surface area contributed by atoms with Crippen LogP contribution in [0.2, 0.25) is 0 Å². The molecule has 2 rings (SSSR count). The Morgan fingerprint density at radius 3 is 2.47 bits per heavy atom. The van der Waals surface area contributed by atoms with Gasteiger partial charge in [0.2, 0.25) is 0 Å². The van der Waals surface area contributed by atoms with Crippen LogP contribution in [0.5, 0.6) is 0 Å². The summed E-state index contributed by atoms with van der Waals surface area (Å²) in [7, 11) is 0. The molecule has 0 heterocycles. The van der Waals surface area contributed by atoms with Crippen molar-refractivity contribution in [2.24, 2.45) is 5.73 Å². The zero-order chi connectivity index (χ0) is 13.8. The predicted octanol–water partition coefficient (Wildman–Crippen LogP) is 3.77. The van der Waals surface area contributed by atoms with Crippen LogP contribution in [-0.2, 0) is 6.42 Å². The summed E-state index contributed by atoms with van der Waals surface area (Å²) in [6.45, 7) is 2.10. The molecule has 0 aliphatic heterocycles. The van der Waals surface area contributed by atoms with Crippen molar-refractivity contribution in [1.29, 1.82) is 0 Å². The van der Waals surface area contributed by atoms with Gasteiger partial charge >= 0.3 is 0 Å². The molecule has 0 bridgehead atoms. The third-order valence-electron chi connectivity index (χ3n) is 2.89. The van der Waals surface area contributed by atoms with E-state index < -0.39 is 0 Å². The first-order valence-corrected chi connectivity index (χ1v) is 6.46. The van der Waals surface area contributed by atoms with Gasteiger partial charge in [-0.05, 0) is 42.3 Å². The molecule has 0 saturated heterocycles. The molecule has 0 aliphatic carbocycles. The Labute approximate surface area is 117 Å². The van der Waals surface area contributed by atoms with Crippen LogP contribution in [0.4, 0.5) is 15.8 Å². The summed E-state index contributed by atoms with van der Waals surface area (Å²) in [6.07, 6.45) is 0.995. The summed E-state index contributed by atoms with van der Waals surface area (Å²) >= 11 is 4.94. The van der Waals surface area contributed by atoms with E-state index >= 15 is 0 Å². The highest BCUT2D eigenvalue weighted by atomic mass is 32.1. The van der Waals surface area contributed by atoms with Crippen LogP contribution < -0.4 is 11.1 Å². The van der Waals surface area contributed by atoms with Crippen molar-refractivity contribution >= 4 is 28.6 Å². The molecule has 0 atom stereocenters. The molecule has 0 aromatic heterocycles. The molecule has 0 aliphatic rings. The van der Waals surface area contributed by atoms with Gasteiger partial charge in [0.25, 0.3) is 0 Å². The van der Waals surface area contributed by atoms with Crippen LogP contribution in [0.3, 0.4) is 0 Å². The normalized spacial score (nSPS) is 10.2. The molecule has 0 unspecified atom stereocenters.